The first kappa shape index (κ1) is 15.7. The lowest BCUT2D eigenvalue weighted by Crippen LogP contribution is -2.20. The van der Waals surface area contributed by atoms with E-state index >= 15 is 0 Å². The Morgan fingerprint density at radius 3 is 2.30 bits per heavy atom. The quantitative estimate of drug-likeness (QED) is 0.910. The minimum absolute atomic E-state index is 0.222. The van der Waals surface area contributed by atoms with Crippen LogP contribution in [0.1, 0.15) is 25.3 Å². The Morgan fingerprint density at radius 1 is 1.04 bits per heavy atom. The SMILES string of the molecule is CCc1ccc(S(=O)(=O)Nc2ccc(N3CCCC3)nn2)cc1. The van der Waals surface area contributed by atoms with Crippen molar-refractivity contribution in [3.05, 3.63) is 42.0 Å². The summed E-state index contributed by atoms with van der Waals surface area (Å²) in [5.41, 5.74) is 1.10. The third kappa shape index (κ3) is 3.61. The van der Waals surface area contributed by atoms with Crippen LogP contribution in [0.2, 0.25) is 0 Å². The molecule has 2 heterocycles. The molecule has 1 fully saturated rings. The molecule has 0 spiro atoms. The first-order chi connectivity index (χ1) is 11.1. The van der Waals surface area contributed by atoms with Crippen LogP contribution in [0.25, 0.3) is 0 Å². The Kier molecular flexibility index (Phi) is 4.47. The van der Waals surface area contributed by atoms with Crippen molar-refractivity contribution in [1.82, 2.24) is 10.2 Å². The van der Waals surface area contributed by atoms with Crippen LogP contribution in [0.3, 0.4) is 0 Å². The summed E-state index contributed by atoms with van der Waals surface area (Å²) in [5, 5.41) is 8.10. The third-order valence-corrected chi connectivity index (χ3v) is 5.33. The third-order valence-electron chi connectivity index (χ3n) is 3.96. The van der Waals surface area contributed by atoms with E-state index in [4.69, 9.17) is 0 Å². The van der Waals surface area contributed by atoms with E-state index in [-0.39, 0.29) is 10.7 Å². The van der Waals surface area contributed by atoms with E-state index in [0.717, 1.165) is 43.7 Å². The Hall–Kier alpha value is -2.15. The number of sulfonamides is 1. The Morgan fingerprint density at radius 2 is 1.74 bits per heavy atom. The molecule has 0 saturated carbocycles. The fourth-order valence-corrected chi connectivity index (χ4v) is 3.59. The van der Waals surface area contributed by atoms with Crippen LogP contribution in [0.5, 0.6) is 0 Å². The number of anilines is 2. The lowest BCUT2D eigenvalue weighted by Gasteiger charge is -2.15. The summed E-state index contributed by atoms with van der Waals surface area (Å²) in [6, 6.07) is 10.3. The van der Waals surface area contributed by atoms with Gasteiger partial charge in [-0.25, -0.2) is 8.42 Å². The molecule has 7 heteroatoms. The maximum atomic E-state index is 12.4. The molecule has 1 aliphatic rings. The largest absolute Gasteiger partial charge is 0.355 e. The van der Waals surface area contributed by atoms with Gasteiger partial charge in [-0.1, -0.05) is 19.1 Å². The van der Waals surface area contributed by atoms with Crippen LogP contribution >= 0.6 is 0 Å². The smallest absolute Gasteiger partial charge is 0.263 e. The van der Waals surface area contributed by atoms with Gasteiger partial charge in [-0.15, -0.1) is 10.2 Å². The fraction of sp³-hybridized carbons (Fsp3) is 0.375. The minimum Gasteiger partial charge on any atom is -0.355 e. The summed E-state index contributed by atoms with van der Waals surface area (Å²) in [4.78, 5) is 2.37. The van der Waals surface area contributed by atoms with Gasteiger partial charge >= 0.3 is 0 Å². The predicted molar refractivity (Wildman–Crippen MR) is 90.1 cm³/mol. The number of aryl methyl sites for hydroxylation is 1. The first-order valence-corrected chi connectivity index (χ1v) is 9.27. The molecule has 0 unspecified atom stereocenters. The van der Waals surface area contributed by atoms with Gasteiger partial charge in [0.25, 0.3) is 10.0 Å². The highest BCUT2D eigenvalue weighted by atomic mass is 32.2. The van der Waals surface area contributed by atoms with Gasteiger partial charge in [0.1, 0.15) is 0 Å². The molecular formula is C16H20N4O2S. The Labute approximate surface area is 136 Å². The molecule has 0 aliphatic carbocycles. The van der Waals surface area contributed by atoms with Crippen LogP contribution < -0.4 is 9.62 Å². The molecule has 1 aromatic carbocycles. The zero-order valence-electron chi connectivity index (χ0n) is 13.1. The summed E-state index contributed by atoms with van der Waals surface area (Å²) in [5.74, 6) is 1.02. The summed E-state index contributed by atoms with van der Waals surface area (Å²) in [6.07, 6.45) is 3.19. The summed E-state index contributed by atoms with van der Waals surface area (Å²) >= 11 is 0. The number of nitrogens with zero attached hydrogens (tertiary/aromatic N) is 3. The van der Waals surface area contributed by atoms with Crippen LogP contribution in [-0.2, 0) is 16.4 Å². The van der Waals surface area contributed by atoms with E-state index in [2.05, 4.69) is 19.8 Å². The lowest BCUT2D eigenvalue weighted by atomic mass is 10.2. The number of nitrogens with one attached hydrogen (secondary N) is 1. The summed E-state index contributed by atoms with van der Waals surface area (Å²) in [6.45, 7) is 3.98. The average Bonchev–Trinajstić information content (AvgIpc) is 3.10. The van der Waals surface area contributed by atoms with Crippen LogP contribution in [0.4, 0.5) is 11.6 Å². The summed E-state index contributed by atoms with van der Waals surface area (Å²) < 4.78 is 27.2. The van der Waals surface area contributed by atoms with Gasteiger partial charge in [-0.05, 0) is 49.1 Å². The molecule has 0 radical (unpaired) electrons. The van der Waals surface area contributed by atoms with Gasteiger partial charge in [-0.2, -0.15) is 0 Å². The molecule has 122 valence electrons. The monoisotopic (exact) mass is 332 g/mol. The molecule has 2 aromatic rings. The molecule has 0 amide bonds. The molecule has 1 aliphatic heterocycles. The van der Waals surface area contributed by atoms with Crippen molar-refractivity contribution >= 4 is 21.7 Å². The van der Waals surface area contributed by atoms with Crippen molar-refractivity contribution in [2.75, 3.05) is 22.7 Å². The number of hydrogen-bond donors (Lipinski definition) is 1. The van der Waals surface area contributed by atoms with E-state index in [1.165, 1.54) is 0 Å². The molecule has 0 bridgehead atoms. The fourth-order valence-electron chi connectivity index (χ4n) is 2.60. The maximum Gasteiger partial charge on any atom is 0.263 e. The van der Waals surface area contributed by atoms with Crippen LogP contribution in [0.15, 0.2) is 41.3 Å². The van der Waals surface area contributed by atoms with Crippen LogP contribution in [0, 0.1) is 0 Å². The van der Waals surface area contributed by atoms with E-state index < -0.39 is 10.0 Å². The van der Waals surface area contributed by atoms with E-state index in [9.17, 15) is 8.42 Å². The second-order valence-corrected chi connectivity index (χ2v) is 7.26. The number of aromatic nitrogens is 2. The highest BCUT2D eigenvalue weighted by Gasteiger charge is 2.17. The van der Waals surface area contributed by atoms with Gasteiger partial charge in [0, 0.05) is 13.1 Å². The molecular weight excluding hydrogens is 312 g/mol. The van der Waals surface area contributed by atoms with Crippen molar-refractivity contribution in [3.63, 3.8) is 0 Å². The summed E-state index contributed by atoms with van der Waals surface area (Å²) in [7, 11) is -3.64. The zero-order valence-corrected chi connectivity index (χ0v) is 13.9. The molecule has 0 atom stereocenters. The number of benzene rings is 1. The highest BCUT2D eigenvalue weighted by Crippen LogP contribution is 2.19. The van der Waals surface area contributed by atoms with Gasteiger partial charge in [0.15, 0.2) is 11.6 Å². The standard InChI is InChI=1S/C16H20N4O2S/c1-2-13-5-7-14(8-6-13)23(21,22)19-15-9-10-16(18-17-15)20-11-3-4-12-20/h5-10H,2-4,11-12H2,1H3,(H,17,19). The molecule has 1 saturated heterocycles. The van der Waals surface area contributed by atoms with E-state index in [1.807, 2.05) is 19.1 Å². The zero-order chi connectivity index (χ0) is 16.3. The van der Waals surface area contributed by atoms with Gasteiger partial charge in [0.2, 0.25) is 0 Å². The predicted octanol–water partition coefficient (Wildman–Crippen LogP) is 2.44. The number of hydrogen-bond acceptors (Lipinski definition) is 5. The second-order valence-electron chi connectivity index (χ2n) is 5.57. The topological polar surface area (TPSA) is 75.2 Å². The normalized spacial score (nSPS) is 14.9. The highest BCUT2D eigenvalue weighted by molar-refractivity contribution is 7.92. The molecule has 3 rings (SSSR count). The maximum absolute atomic E-state index is 12.4. The van der Waals surface area contributed by atoms with E-state index in [0.29, 0.717) is 0 Å². The van der Waals surface area contributed by atoms with Gasteiger partial charge in [0.05, 0.1) is 4.90 Å². The van der Waals surface area contributed by atoms with Crippen molar-refractivity contribution in [2.45, 2.75) is 31.1 Å². The average molecular weight is 332 g/mol. The van der Waals surface area contributed by atoms with Crippen molar-refractivity contribution < 1.29 is 8.42 Å². The Bertz CT molecular complexity index is 752. The Balaban J connectivity index is 1.74. The van der Waals surface area contributed by atoms with Crippen molar-refractivity contribution in [1.29, 1.82) is 0 Å². The molecule has 1 N–H and O–H groups in total. The van der Waals surface area contributed by atoms with Crippen molar-refractivity contribution in [3.8, 4) is 0 Å². The van der Waals surface area contributed by atoms with E-state index in [1.54, 1.807) is 24.3 Å². The lowest BCUT2D eigenvalue weighted by molar-refractivity contribution is 0.601. The minimum atomic E-state index is -3.64. The molecule has 6 nitrogen and oxygen atoms in total. The first-order valence-electron chi connectivity index (χ1n) is 7.79. The molecule has 1 aromatic heterocycles. The van der Waals surface area contributed by atoms with Gasteiger partial charge < -0.3 is 4.90 Å². The second kappa shape index (κ2) is 6.54. The number of rotatable bonds is 5. The van der Waals surface area contributed by atoms with Crippen molar-refractivity contribution in [2.24, 2.45) is 0 Å². The molecule has 23 heavy (non-hydrogen) atoms. The van der Waals surface area contributed by atoms with Gasteiger partial charge in [-0.3, -0.25) is 4.72 Å². The van der Waals surface area contributed by atoms with Crippen LogP contribution in [-0.4, -0.2) is 31.7 Å².